The van der Waals surface area contributed by atoms with Crippen molar-refractivity contribution in [3.05, 3.63) is 113 Å². The normalized spacial score (nSPS) is 20.5. The second-order valence-electron chi connectivity index (χ2n) is 10.1. The molecule has 6 rings (SSSR count). The van der Waals surface area contributed by atoms with E-state index >= 15 is 0 Å². The Hall–Kier alpha value is -4.35. The van der Waals surface area contributed by atoms with Gasteiger partial charge in [0.25, 0.3) is 0 Å². The standard InChI is InChI=1S/C34H32NO4/c1-5-35(33(36)39-4)30-11-7-6-10-28(30)29-18-15-25(21-31(29)35)34(24-13-16-26(37-2)17-14-24)20-19-27-23(22-34)9-8-12-32(27)38-3/h6-21H,5,22H2,1-4H3/q+1. The fraction of sp³-hybridized carbons (Fsp3) is 0.206. The molecule has 1 aliphatic heterocycles. The highest BCUT2D eigenvalue weighted by Gasteiger charge is 2.51. The predicted octanol–water partition coefficient (Wildman–Crippen LogP) is 7.67. The van der Waals surface area contributed by atoms with E-state index in [9.17, 15) is 4.79 Å². The summed E-state index contributed by atoms with van der Waals surface area (Å²) in [6.07, 6.45) is 4.92. The van der Waals surface area contributed by atoms with Gasteiger partial charge in [0.05, 0.1) is 27.9 Å². The number of fused-ring (bicyclic) bond motifs is 4. The van der Waals surface area contributed by atoms with Crippen LogP contribution in [0.1, 0.15) is 29.2 Å². The van der Waals surface area contributed by atoms with Gasteiger partial charge in [-0.1, -0.05) is 54.6 Å². The fourth-order valence-corrected chi connectivity index (χ4v) is 6.49. The smallest absolute Gasteiger partial charge is 0.497 e. The zero-order chi connectivity index (χ0) is 27.2. The number of hydrogen-bond acceptors (Lipinski definition) is 4. The molecular formula is C34H32NO4+. The van der Waals surface area contributed by atoms with E-state index in [0.717, 1.165) is 57.1 Å². The molecule has 0 saturated carbocycles. The summed E-state index contributed by atoms with van der Waals surface area (Å²) < 4.78 is 16.6. The monoisotopic (exact) mass is 518 g/mol. The van der Waals surface area contributed by atoms with Crippen molar-refractivity contribution in [1.29, 1.82) is 0 Å². The molecule has 2 aliphatic rings. The second kappa shape index (κ2) is 9.44. The van der Waals surface area contributed by atoms with Gasteiger partial charge in [0.1, 0.15) is 11.5 Å². The van der Waals surface area contributed by atoms with Crippen LogP contribution in [0.15, 0.2) is 91.0 Å². The Morgan fingerprint density at radius 1 is 0.821 bits per heavy atom. The maximum Gasteiger partial charge on any atom is 0.526 e. The minimum Gasteiger partial charge on any atom is -0.497 e. The summed E-state index contributed by atoms with van der Waals surface area (Å²) in [6, 6.07) is 29.3. The Labute approximate surface area is 229 Å². The topological polar surface area (TPSA) is 44.8 Å². The number of carbonyl (C=O) groups is 1. The molecule has 1 aliphatic carbocycles. The van der Waals surface area contributed by atoms with Gasteiger partial charge < -0.3 is 14.2 Å². The van der Waals surface area contributed by atoms with Gasteiger partial charge in [-0.3, -0.25) is 0 Å². The summed E-state index contributed by atoms with van der Waals surface area (Å²) in [5, 5.41) is 0. The first kappa shape index (κ1) is 25.0. The zero-order valence-corrected chi connectivity index (χ0v) is 22.7. The number of hydrogen-bond donors (Lipinski definition) is 0. The zero-order valence-electron chi connectivity index (χ0n) is 22.7. The summed E-state index contributed by atoms with van der Waals surface area (Å²) in [7, 11) is 4.86. The Morgan fingerprint density at radius 3 is 2.28 bits per heavy atom. The highest BCUT2D eigenvalue weighted by atomic mass is 16.5. The van der Waals surface area contributed by atoms with Crippen LogP contribution < -0.4 is 14.0 Å². The Bertz CT molecular complexity index is 1610. The van der Waals surface area contributed by atoms with Gasteiger partial charge in [0, 0.05) is 34.2 Å². The van der Waals surface area contributed by atoms with Gasteiger partial charge >= 0.3 is 6.09 Å². The summed E-state index contributed by atoms with van der Waals surface area (Å²) in [6.45, 7) is 2.59. The van der Waals surface area contributed by atoms with E-state index in [2.05, 4.69) is 54.6 Å². The number of para-hydroxylation sites is 1. The van der Waals surface area contributed by atoms with Crippen molar-refractivity contribution in [1.82, 2.24) is 4.48 Å². The van der Waals surface area contributed by atoms with Gasteiger partial charge in [-0.25, -0.2) is 0 Å². The lowest BCUT2D eigenvalue weighted by Gasteiger charge is -2.37. The van der Waals surface area contributed by atoms with Crippen molar-refractivity contribution < 1.29 is 19.0 Å². The quantitative estimate of drug-likeness (QED) is 0.254. The SMILES string of the molecule is CC[N+]1(C(=O)OC)c2ccccc2-c2ccc(C3(c4ccc(OC)cc4)C=Cc4c(cccc4OC)C3)cc21. The molecule has 0 bridgehead atoms. The summed E-state index contributed by atoms with van der Waals surface area (Å²) >= 11 is 0. The van der Waals surface area contributed by atoms with Gasteiger partial charge in [0.15, 0.2) is 11.4 Å². The number of quaternary nitrogens is 1. The largest absolute Gasteiger partial charge is 0.526 e. The molecule has 5 heteroatoms. The summed E-state index contributed by atoms with van der Waals surface area (Å²) in [5.74, 6) is 1.68. The number of amides is 1. The summed E-state index contributed by atoms with van der Waals surface area (Å²) in [4.78, 5) is 13.5. The van der Waals surface area contributed by atoms with Crippen LogP contribution in [0.25, 0.3) is 17.2 Å². The van der Waals surface area contributed by atoms with Crippen molar-refractivity contribution in [3.63, 3.8) is 0 Å². The number of benzene rings is 4. The molecule has 1 amide bonds. The Balaban J connectivity index is 1.60. The highest BCUT2D eigenvalue weighted by molar-refractivity contribution is 6.05. The minimum absolute atomic E-state index is 0.0304. The molecule has 0 saturated heterocycles. The molecule has 4 aromatic carbocycles. The van der Waals surface area contributed by atoms with Crippen molar-refractivity contribution in [3.8, 4) is 22.6 Å². The minimum atomic E-state index is -0.463. The molecule has 1 heterocycles. The predicted molar refractivity (Wildman–Crippen MR) is 156 cm³/mol. The first-order chi connectivity index (χ1) is 19.0. The lowest BCUT2D eigenvalue weighted by Crippen LogP contribution is -2.48. The molecule has 2 unspecified atom stereocenters. The number of allylic oxidation sites excluding steroid dienone is 1. The first-order valence-corrected chi connectivity index (χ1v) is 13.2. The number of carbonyl (C=O) groups excluding carboxylic acids is 1. The molecule has 196 valence electrons. The number of methoxy groups -OCH3 is 3. The molecule has 39 heavy (non-hydrogen) atoms. The Kier molecular flexibility index (Phi) is 6.04. The van der Waals surface area contributed by atoms with Crippen molar-refractivity contribution in [2.75, 3.05) is 27.9 Å². The third-order valence-corrected chi connectivity index (χ3v) is 8.48. The first-order valence-electron chi connectivity index (χ1n) is 13.2. The van der Waals surface area contributed by atoms with E-state index in [4.69, 9.17) is 14.2 Å². The van der Waals surface area contributed by atoms with Crippen LogP contribution in [0.4, 0.5) is 16.2 Å². The third kappa shape index (κ3) is 3.53. The molecule has 5 nitrogen and oxygen atoms in total. The number of ether oxygens (including phenoxy) is 3. The van der Waals surface area contributed by atoms with Gasteiger partial charge in [-0.2, -0.15) is 9.28 Å². The molecule has 0 radical (unpaired) electrons. The Morgan fingerprint density at radius 2 is 1.56 bits per heavy atom. The van der Waals surface area contributed by atoms with E-state index in [1.54, 1.807) is 14.2 Å². The molecule has 0 spiro atoms. The van der Waals surface area contributed by atoms with Gasteiger partial charge in [-0.15, -0.1) is 0 Å². The van der Waals surface area contributed by atoms with E-state index in [1.165, 1.54) is 12.7 Å². The molecular weight excluding hydrogens is 486 g/mol. The number of nitrogens with zero attached hydrogens (tertiary/aromatic N) is 1. The number of rotatable bonds is 5. The molecule has 0 fully saturated rings. The third-order valence-electron chi connectivity index (χ3n) is 8.48. The van der Waals surface area contributed by atoms with Crippen LogP contribution in [0.2, 0.25) is 0 Å². The van der Waals surface area contributed by atoms with Crippen LogP contribution >= 0.6 is 0 Å². The van der Waals surface area contributed by atoms with Crippen LogP contribution in [0, 0.1) is 0 Å². The molecule has 2 atom stereocenters. The summed E-state index contributed by atoms with van der Waals surface area (Å²) in [5.41, 5.74) is 8.14. The van der Waals surface area contributed by atoms with Crippen LogP contribution in [-0.2, 0) is 16.6 Å². The highest BCUT2D eigenvalue weighted by Crippen LogP contribution is 2.55. The molecule has 0 aromatic heterocycles. The average Bonchev–Trinajstić information content (AvgIpc) is 3.30. The van der Waals surface area contributed by atoms with Crippen molar-refractivity contribution in [2.45, 2.75) is 18.8 Å². The van der Waals surface area contributed by atoms with Gasteiger partial charge in [-0.05, 0) is 60.4 Å². The van der Waals surface area contributed by atoms with Crippen LogP contribution in [-0.4, -0.2) is 34.0 Å². The van der Waals surface area contributed by atoms with Gasteiger partial charge in [0.2, 0.25) is 0 Å². The lowest BCUT2D eigenvalue weighted by atomic mass is 9.67. The van der Waals surface area contributed by atoms with Crippen molar-refractivity contribution in [2.24, 2.45) is 0 Å². The fourth-order valence-electron chi connectivity index (χ4n) is 6.49. The van der Waals surface area contributed by atoms with E-state index in [1.807, 2.05) is 49.4 Å². The van der Waals surface area contributed by atoms with E-state index in [-0.39, 0.29) is 10.6 Å². The van der Waals surface area contributed by atoms with Crippen LogP contribution in [0.3, 0.4) is 0 Å². The van der Waals surface area contributed by atoms with E-state index < -0.39 is 5.41 Å². The van der Waals surface area contributed by atoms with Crippen molar-refractivity contribution >= 4 is 23.5 Å². The van der Waals surface area contributed by atoms with E-state index in [0.29, 0.717) is 6.54 Å². The maximum atomic E-state index is 13.5. The second-order valence-corrected chi connectivity index (χ2v) is 10.1. The lowest BCUT2D eigenvalue weighted by molar-refractivity contribution is 0.145. The maximum absolute atomic E-state index is 13.5. The molecule has 0 N–H and O–H groups in total. The van der Waals surface area contributed by atoms with Crippen LogP contribution in [0.5, 0.6) is 11.5 Å². The molecule has 4 aromatic rings. The average molecular weight is 519 g/mol.